The molecule has 0 atom stereocenters. The molecule has 1 radical (unpaired) electrons. The molecule has 0 amide bonds. The van der Waals surface area contributed by atoms with E-state index in [0.717, 1.165) is 0 Å². The zero-order chi connectivity index (χ0) is 0. The van der Waals surface area contributed by atoms with Crippen LogP contribution in [0.3, 0.4) is 0 Å². The Morgan fingerprint density at radius 1 is 0.600 bits per heavy atom. The summed E-state index contributed by atoms with van der Waals surface area (Å²) in [6.45, 7) is 0. The smallest absolute Gasteiger partial charge is 0.0125 e. The van der Waals surface area contributed by atoms with Crippen molar-refractivity contribution in [2.45, 2.75) is 0 Å². The fourth-order valence-corrected chi connectivity index (χ4v) is 0. The Morgan fingerprint density at radius 2 is 0.600 bits per heavy atom. The second-order valence-electron chi connectivity index (χ2n) is 0. The third-order valence-electron chi connectivity index (χ3n) is 0. The van der Waals surface area contributed by atoms with Crippen molar-refractivity contribution < 1.29 is 39.0 Å². The van der Waals surface area contributed by atoms with Gasteiger partial charge in [0.1, 0.15) is 0 Å². The second kappa shape index (κ2) is 31.2. The molecule has 5 heteroatoms. The molecule has 0 aliphatic carbocycles. The van der Waals surface area contributed by atoms with Gasteiger partial charge in [-0.05, 0) is 11.0 Å². The predicted octanol–water partition coefficient (Wildman–Crippen LogP) is -3.56. The third kappa shape index (κ3) is 20.9. The molecule has 0 aromatic heterocycles. The van der Waals surface area contributed by atoms with Crippen LogP contribution in [0.2, 0.25) is 0 Å². The molecule has 0 unspecified atom stereocenters. The minimum Gasteiger partial charge on any atom is -0.0125 e. The first-order valence-electron chi connectivity index (χ1n) is 0. The molecule has 0 rings (SSSR count). The van der Waals surface area contributed by atoms with Gasteiger partial charge in [-0.3, -0.25) is 0 Å². The van der Waals surface area contributed by atoms with E-state index in [1.165, 1.54) is 0 Å². The average molecular weight is 222 g/mol. The summed E-state index contributed by atoms with van der Waals surface area (Å²) in [6.07, 6.45) is 0. The monoisotopic (exact) mass is 219 g/mol. The molecule has 0 N–H and O–H groups in total. The number of hydrogen-bond donors (Lipinski definition) is 0. The Kier molecular flexibility index (Phi) is 313. The Labute approximate surface area is 83.7 Å². The van der Waals surface area contributed by atoms with Gasteiger partial charge in [-0.2, -0.15) is 0 Å². The van der Waals surface area contributed by atoms with Crippen molar-refractivity contribution in [1.82, 2.24) is 0 Å². The van der Waals surface area contributed by atoms with Gasteiger partial charge in [0.15, 0.2) is 34.7 Å². The Morgan fingerprint density at radius 3 is 0.600 bits per heavy atom. The van der Waals surface area contributed by atoms with Crippen molar-refractivity contribution in [1.29, 1.82) is 0 Å². The van der Waals surface area contributed by atoms with Gasteiger partial charge in [-0.1, -0.05) is 0 Å². The quantitative estimate of drug-likeness (QED) is 0.372. The van der Waals surface area contributed by atoms with Crippen LogP contribution < -0.4 is 0 Å². The first-order chi connectivity index (χ1) is 0. The van der Waals surface area contributed by atoms with Gasteiger partial charge in [0, 0.05) is 39.0 Å². The molecule has 0 aromatic carbocycles. The summed E-state index contributed by atoms with van der Waals surface area (Å²) in [5, 5.41) is 0. The maximum Gasteiger partial charge on any atom is 0.187 e. The van der Waals surface area contributed by atoms with Crippen LogP contribution in [0.25, 0.3) is 0 Å². The molecule has 5 heavy (non-hydrogen) atoms. The first-order valence-corrected chi connectivity index (χ1v) is 0. The molecule has 0 spiro atoms. The predicted molar refractivity (Wildman–Crippen MR) is 29.8 cm³/mol. The van der Waals surface area contributed by atoms with E-state index >= 15 is 0 Å². The Hall–Kier alpha value is 2.53. The molecule has 0 bridgehead atoms. The van der Waals surface area contributed by atoms with Crippen LogP contribution in [-0.4, -0.2) is 45.7 Å². The molecule has 23 valence electrons. The Balaban J connectivity index is 0. The van der Waals surface area contributed by atoms with E-state index in [1.807, 2.05) is 0 Å². The summed E-state index contributed by atoms with van der Waals surface area (Å²) in [5.74, 6) is 0. The summed E-state index contributed by atoms with van der Waals surface area (Å²) in [7, 11) is 0. The van der Waals surface area contributed by atoms with Crippen LogP contribution >= 0.6 is 0 Å². The molecule has 0 saturated heterocycles. The van der Waals surface area contributed by atoms with Crippen molar-refractivity contribution in [3.05, 3.63) is 0 Å². The van der Waals surface area contributed by atoms with Crippen molar-refractivity contribution in [3.63, 3.8) is 0 Å². The zero-order valence-corrected chi connectivity index (χ0v) is 10.3. The van der Waals surface area contributed by atoms with E-state index in [4.69, 9.17) is 0 Å². The summed E-state index contributed by atoms with van der Waals surface area (Å²) in [6, 6.07) is 0. The van der Waals surface area contributed by atoms with E-state index < -0.39 is 0 Å². The van der Waals surface area contributed by atoms with Gasteiger partial charge in [0.2, 0.25) is 0 Å². The standard InChI is InChI=1S/2Al.H3Si.2Zn.6H/h;;1H3;;;;;;;;. The molecule has 0 aliphatic rings. The van der Waals surface area contributed by atoms with Crippen molar-refractivity contribution in [2.75, 3.05) is 0 Å². The summed E-state index contributed by atoms with van der Waals surface area (Å²) in [5.41, 5.74) is 0. The fourth-order valence-electron chi connectivity index (χ4n) is 0. The van der Waals surface area contributed by atoms with Crippen LogP contribution in [0.5, 0.6) is 0 Å². The second-order valence-corrected chi connectivity index (χ2v) is 0. The molecular formula is H9Al2SiZn2. The maximum atomic E-state index is 0. The maximum absolute atomic E-state index is 0. The van der Waals surface area contributed by atoms with Gasteiger partial charge in [0.25, 0.3) is 0 Å². The number of hydrogen-bond acceptors (Lipinski definition) is 0. The van der Waals surface area contributed by atoms with Crippen molar-refractivity contribution in [2.24, 2.45) is 0 Å². The molecule has 0 fully saturated rings. The molecule has 0 aliphatic heterocycles. The van der Waals surface area contributed by atoms with E-state index in [-0.39, 0.29) is 84.6 Å². The van der Waals surface area contributed by atoms with Gasteiger partial charge in [0.05, 0.1) is 0 Å². The summed E-state index contributed by atoms with van der Waals surface area (Å²) in [4.78, 5) is 0. The van der Waals surface area contributed by atoms with E-state index in [1.54, 1.807) is 0 Å². The van der Waals surface area contributed by atoms with Crippen LogP contribution in [0.15, 0.2) is 0 Å². The van der Waals surface area contributed by atoms with E-state index in [2.05, 4.69) is 0 Å². The van der Waals surface area contributed by atoms with E-state index in [0.29, 0.717) is 0 Å². The normalized spacial score (nSPS) is 0. The zero-order valence-electron chi connectivity index (χ0n) is 2.41. The van der Waals surface area contributed by atoms with Gasteiger partial charge < -0.3 is 0 Å². The average Bonchev–Trinajstić information content (AvgIpc) is 0. The molecule has 0 nitrogen and oxygen atoms in total. The third-order valence-corrected chi connectivity index (χ3v) is 0. The number of rotatable bonds is 0. The summed E-state index contributed by atoms with van der Waals surface area (Å²) >= 11 is 0. The van der Waals surface area contributed by atoms with Crippen LogP contribution in [0, 0.1) is 0 Å². The van der Waals surface area contributed by atoms with Crippen molar-refractivity contribution >= 4 is 45.7 Å². The minimum atomic E-state index is 0. The Bertz CT molecular complexity index is 7.61. The van der Waals surface area contributed by atoms with Gasteiger partial charge >= 0.3 is 0 Å². The van der Waals surface area contributed by atoms with Crippen LogP contribution in [0.4, 0.5) is 0 Å². The van der Waals surface area contributed by atoms with Gasteiger partial charge in [-0.15, -0.1) is 0 Å². The SMILES string of the molecule is [AlH3].[AlH3].[SiH3].[Zn].[Zn]. The largest absolute Gasteiger partial charge is 0.187 e. The van der Waals surface area contributed by atoms with E-state index in [9.17, 15) is 0 Å². The molecule has 0 saturated carbocycles. The van der Waals surface area contributed by atoms with Crippen LogP contribution in [-0.2, 0) is 39.0 Å². The van der Waals surface area contributed by atoms with Crippen molar-refractivity contribution in [3.8, 4) is 0 Å². The van der Waals surface area contributed by atoms with Gasteiger partial charge in [-0.25, -0.2) is 0 Å². The molecule has 0 heterocycles. The topological polar surface area (TPSA) is 0 Å². The first kappa shape index (κ1) is 50.2. The molecule has 0 aromatic rings. The molecular weight excluding hydrogens is 213 g/mol. The summed E-state index contributed by atoms with van der Waals surface area (Å²) < 4.78 is 0. The fraction of sp³-hybridized carbons (Fsp3) is 0. The van der Waals surface area contributed by atoms with Crippen LogP contribution in [0.1, 0.15) is 0 Å². The minimum absolute atomic E-state index is 0.